The molecule has 1 rings (SSSR count). The average molecular weight is 240 g/mol. The Balaban J connectivity index is 2.75. The summed E-state index contributed by atoms with van der Waals surface area (Å²) in [4.78, 5) is 13.7. The Hall–Kier alpha value is -1.89. The summed E-state index contributed by atoms with van der Waals surface area (Å²) >= 11 is 0. The number of nitrogens with two attached hydrogens (primary N) is 2. The number of nitro groups is 1. The van der Waals surface area contributed by atoms with E-state index in [4.69, 9.17) is 16.2 Å². The second kappa shape index (κ2) is 4.96. The van der Waals surface area contributed by atoms with E-state index in [-0.39, 0.29) is 24.0 Å². The number of nitrogen functional groups attached to an aromatic ring is 1. The van der Waals surface area contributed by atoms with Crippen LogP contribution in [-0.4, -0.2) is 22.1 Å². The van der Waals surface area contributed by atoms with Gasteiger partial charge in [-0.25, -0.2) is 0 Å². The Morgan fingerprint density at radius 2 is 2.24 bits per heavy atom. The van der Waals surface area contributed by atoms with Gasteiger partial charge >= 0.3 is 5.69 Å². The molecule has 1 unspecified atom stereocenters. The molecule has 0 aromatic carbocycles. The number of ether oxygens (including phenoxy) is 1. The fourth-order valence-corrected chi connectivity index (χ4v) is 1.02. The Morgan fingerprint density at radius 1 is 1.59 bits per heavy atom. The monoisotopic (exact) mass is 240 g/mol. The van der Waals surface area contributed by atoms with Crippen molar-refractivity contribution in [3.05, 3.63) is 22.2 Å². The molecular formula is C10H16N4O3. The predicted molar refractivity (Wildman–Crippen MR) is 63.7 cm³/mol. The Morgan fingerprint density at radius 3 is 2.71 bits per heavy atom. The van der Waals surface area contributed by atoms with Gasteiger partial charge < -0.3 is 16.2 Å². The lowest BCUT2D eigenvalue weighted by molar-refractivity contribution is -0.384. The van der Waals surface area contributed by atoms with Crippen molar-refractivity contribution in [2.45, 2.75) is 25.8 Å². The number of anilines is 1. The van der Waals surface area contributed by atoms with Crippen molar-refractivity contribution in [1.29, 1.82) is 0 Å². The molecular weight excluding hydrogens is 224 g/mol. The summed E-state index contributed by atoms with van der Waals surface area (Å²) in [5, 5.41) is 10.5. The highest BCUT2D eigenvalue weighted by atomic mass is 16.6. The first-order valence-electron chi connectivity index (χ1n) is 5.18. The van der Waals surface area contributed by atoms with Crippen LogP contribution in [0.25, 0.3) is 0 Å². The number of rotatable bonds is 5. The Labute approximate surface area is 98.9 Å². The molecule has 1 aromatic heterocycles. The van der Waals surface area contributed by atoms with Crippen molar-refractivity contribution in [1.82, 2.24) is 4.98 Å². The standard InChI is InChI=1S/C10H16N4O3/c1-3-10(2,12)6-17-8-5-4-7(14(15)16)9(11)13-8/h4-5H,3,6,12H2,1-2H3,(H2,11,13). The highest BCUT2D eigenvalue weighted by Gasteiger charge is 2.18. The minimum Gasteiger partial charge on any atom is -0.476 e. The Kier molecular flexibility index (Phi) is 3.84. The van der Waals surface area contributed by atoms with Crippen LogP contribution in [0.5, 0.6) is 5.88 Å². The first kappa shape index (κ1) is 13.2. The molecule has 0 aliphatic rings. The van der Waals surface area contributed by atoms with Gasteiger partial charge in [-0.1, -0.05) is 6.92 Å². The van der Waals surface area contributed by atoms with Gasteiger partial charge in [-0.3, -0.25) is 10.1 Å². The van der Waals surface area contributed by atoms with Gasteiger partial charge in [0.15, 0.2) is 0 Å². The summed E-state index contributed by atoms with van der Waals surface area (Å²) in [5.41, 5.74) is 10.6. The van der Waals surface area contributed by atoms with Gasteiger partial charge in [0.2, 0.25) is 11.7 Å². The SMILES string of the molecule is CCC(C)(N)COc1ccc([N+](=O)[O-])c(N)n1. The summed E-state index contributed by atoms with van der Waals surface area (Å²) in [6.45, 7) is 4.07. The maximum absolute atomic E-state index is 10.5. The zero-order chi connectivity index (χ0) is 13.1. The predicted octanol–water partition coefficient (Wildman–Crippen LogP) is 1.08. The molecule has 0 bridgehead atoms. The first-order chi connectivity index (χ1) is 7.85. The van der Waals surface area contributed by atoms with E-state index in [1.807, 2.05) is 13.8 Å². The molecule has 0 aliphatic carbocycles. The second-order valence-electron chi connectivity index (χ2n) is 4.11. The van der Waals surface area contributed by atoms with E-state index in [0.717, 1.165) is 6.42 Å². The van der Waals surface area contributed by atoms with Crippen LogP contribution in [0.1, 0.15) is 20.3 Å². The number of pyridine rings is 1. The number of nitrogens with zero attached hydrogens (tertiary/aromatic N) is 2. The summed E-state index contributed by atoms with van der Waals surface area (Å²) < 4.78 is 5.34. The third kappa shape index (κ3) is 3.56. The van der Waals surface area contributed by atoms with Crippen LogP contribution < -0.4 is 16.2 Å². The first-order valence-corrected chi connectivity index (χ1v) is 5.18. The lowest BCUT2D eigenvalue weighted by Gasteiger charge is -2.22. The van der Waals surface area contributed by atoms with Crippen LogP contribution in [0.4, 0.5) is 11.5 Å². The molecule has 7 heteroatoms. The zero-order valence-electron chi connectivity index (χ0n) is 9.84. The molecule has 7 nitrogen and oxygen atoms in total. The van der Waals surface area contributed by atoms with E-state index in [1.54, 1.807) is 0 Å². The van der Waals surface area contributed by atoms with E-state index in [0.29, 0.717) is 0 Å². The average Bonchev–Trinajstić information content (AvgIpc) is 2.26. The quantitative estimate of drug-likeness (QED) is 0.587. The molecule has 94 valence electrons. The molecule has 17 heavy (non-hydrogen) atoms. The van der Waals surface area contributed by atoms with E-state index in [1.165, 1.54) is 12.1 Å². The van der Waals surface area contributed by atoms with Crippen LogP contribution in [0.2, 0.25) is 0 Å². The van der Waals surface area contributed by atoms with Gasteiger partial charge in [-0.15, -0.1) is 0 Å². The van der Waals surface area contributed by atoms with Crippen LogP contribution in [0.3, 0.4) is 0 Å². The third-order valence-electron chi connectivity index (χ3n) is 2.43. The maximum Gasteiger partial charge on any atom is 0.311 e. The van der Waals surface area contributed by atoms with Crippen LogP contribution in [0.15, 0.2) is 12.1 Å². The van der Waals surface area contributed by atoms with Crippen molar-refractivity contribution in [2.24, 2.45) is 5.73 Å². The summed E-state index contributed by atoms with van der Waals surface area (Å²) in [5.74, 6) is 0.0703. The smallest absolute Gasteiger partial charge is 0.311 e. The molecule has 0 saturated carbocycles. The lowest BCUT2D eigenvalue weighted by atomic mass is 10.0. The van der Waals surface area contributed by atoms with Gasteiger partial charge in [0.05, 0.1) is 4.92 Å². The van der Waals surface area contributed by atoms with Crippen molar-refractivity contribution in [3.8, 4) is 5.88 Å². The van der Waals surface area contributed by atoms with E-state index in [2.05, 4.69) is 4.98 Å². The Bertz CT molecular complexity index is 420. The fourth-order valence-electron chi connectivity index (χ4n) is 1.02. The zero-order valence-corrected chi connectivity index (χ0v) is 9.84. The number of aromatic nitrogens is 1. The van der Waals surface area contributed by atoms with Crippen LogP contribution >= 0.6 is 0 Å². The molecule has 1 atom stereocenters. The van der Waals surface area contributed by atoms with Crippen molar-refractivity contribution < 1.29 is 9.66 Å². The largest absolute Gasteiger partial charge is 0.476 e. The fraction of sp³-hybridized carbons (Fsp3) is 0.500. The van der Waals surface area contributed by atoms with E-state index in [9.17, 15) is 10.1 Å². The minimum atomic E-state index is -0.592. The molecule has 0 radical (unpaired) electrons. The van der Waals surface area contributed by atoms with Crippen molar-refractivity contribution in [2.75, 3.05) is 12.3 Å². The number of hydrogen-bond donors (Lipinski definition) is 2. The van der Waals surface area contributed by atoms with Gasteiger partial charge in [-0.2, -0.15) is 4.98 Å². The maximum atomic E-state index is 10.5. The summed E-state index contributed by atoms with van der Waals surface area (Å²) in [7, 11) is 0. The van der Waals surface area contributed by atoms with Gasteiger partial charge in [0.1, 0.15) is 6.61 Å². The second-order valence-corrected chi connectivity index (χ2v) is 4.11. The molecule has 4 N–H and O–H groups in total. The normalized spacial score (nSPS) is 14.1. The molecule has 0 fully saturated rings. The molecule has 1 aromatic rings. The van der Waals surface area contributed by atoms with E-state index < -0.39 is 10.5 Å². The van der Waals surface area contributed by atoms with Crippen LogP contribution in [0, 0.1) is 10.1 Å². The van der Waals surface area contributed by atoms with E-state index >= 15 is 0 Å². The molecule has 0 aliphatic heterocycles. The van der Waals surface area contributed by atoms with Crippen molar-refractivity contribution >= 4 is 11.5 Å². The molecule has 1 heterocycles. The minimum absolute atomic E-state index is 0.164. The highest BCUT2D eigenvalue weighted by Crippen LogP contribution is 2.22. The lowest BCUT2D eigenvalue weighted by Crippen LogP contribution is -2.41. The van der Waals surface area contributed by atoms with Crippen molar-refractivity contribution in [3.63, 3.8) is 0 Å². The molecule has 0 amide bonds. The van der Waals surface area contributed by atoms with Gasteiger partial charge in [-0.05, 0) is 13.3 Å². The van der Waals surface area contributed by atoms with Crippen LogP contribution in [-0.2, 0) is 0 Å². The van der Waals surface area contributed by atoms with Gasteiger partial charge in [0, 0.05) is 17.7 Å². The number of hydrogen-bond acceptors (Lipinski definition) is 6. The highest BCUT2D eigenvalue weighted by molar-refractivity contribution is 5.53. The summed E-state index contributed by atoms with van der Waals surface area (Å²) in [6.07, 6.45) is 0.745. The van der Waals surface area contributed by atoms with Gasteiger partial charge in [0.25, 0.3) is 0 Å². The molecule has 0 spiro atoms. The third-order valence-corrected chi connectivity index (χ3v) is 2.43. The topological polar surface area (TPSA) is 117 Å². The molecule has 0 saturated heterocycles. The summed E-state index contributed by atoms with van der Waals surface area (Å²) in [6, 6.07) is 2.66.